The van der Waals surface area contributed by atoms with Crippen molar-refractivity contribution in [1.29, 1.82) is 0 Å². The summed E-state index contributed by atoms with van der Waals surface area (Å²) in [4.78, 5) is 33.2. The van der Waals surface area contributed by atoms with Crippen LogP contribution in [0.5, 0.6) is 5.75 Å². The number of likely N-dealkylation sites (tertiary alicyclic amines) is 2. The Morgan fingerprint density at radius 2 is 1.64 bits per heavy atom. The number of rotatable bonds is 5. The van der Waals surface area contributed by atoms with Crippen LogP contribution in [-0.2, 0) is 4.84 Å². The van der Waals surface area contributed by atoms with Crippen molar-refractivity contribution in [2.45, 2.75) is 56.7 Å². The van der Waals surface area contributed by atoms with Gasteiger partial charge in [0, 0.05) is 32.0 Å². The number of urea groups is 1. The minimum absolute atomic E-state index is 0.0928. The van der Waals surface area contributed by atoms with Gasteiger partial charge >= 0.3 is 12.1 Å². The molecule has 9 nitrogen and oxygen atoms in total. The van der Waals surface area contributed by atoms with Crippen molar-refractivity contribution in [3.8, 4) is 5.75 Å². The first-order chi connectivity index (χ1) is 18.9. The molecule has 1 saturated carbocycles. The van der Waals surface area contributed by atoms with Crippen LogP contribution in [0.3, 0.4) is 0 Å². The molecule has 0 aromatic heterocycles. The molecule has 2 aliphatic heterocycles. The summed E-state index contributed by atoms with van der Waals surface area (Å²) in [5, 5.41) is 16.0. The summed E-state index contributed by atoms with van der Waals surface area (Å²) < 4.78 is 34.9. The Morgan fingerprint density at radius 1 is 0.949 bits per heavy atom. The lowest BCUT2D eigenvalue weighted by Crippen LogP contribution is -2.54. The van der Waals surface area contributed by atoms with E-state index in [9.17, 15) is 23.5 Å². The standard InChI is InChI=1S/C28H32F2N4O5/c29-24-15-26(31-27(36)34-16-20(35)17-34)25(30)14-23(24)18-6-8-19(9-7-18)32-39-22-10-12-33(13-11-22)28(37)38-21-4-2-1-3-5-21/h1-5,14-15,18,20,22,35H,6-13,16-17H2,(H,31,36). The van der Waals surface area contributed by atoms with Gasteiger partial charge in [0.05, 0.1) is 30.6 Å². The quantitative estimate of drug-likeness (QED) is 0.525. The van der Waals surface area contributed by atoms with Crippen molar-refractivity contribution in [2.24, 2.45) is 5.16 Å². The number of benzene rings is 2. The average Bonchev–Trinajstić information content (AvgIpc) is 2.93. The molecule has 0 radical (unpaired) electrons. The molecule has 39 heavy (non-hydrogen) atoms. The molecule has 0 unspecified atom stereocenters. The van der Waals surface area contributed by atoms with Crippen LogP contribution in [0.2, 0.25) is 0 Å². The van der Waals surface area contributed by atoms with E-state index in [1.54, 1.807) is 17.0 Å². The van der Waals surface area contributed by atoms with E-state index >= 15 is 0 Å². The molecule has 2 heterocycles. The number of halogens is 2. The lowest BCUT2D eigenvalue weighted by molar-refractivity contribution is 0.0134. The Bertz CT molecular complexity index is 1200. The fraction of sp³-hybridized carbons (Fsp3) is 0.464. The van der Waals surface area contributed by atoms with Gasteiger partial charge in [-0.1, -0.05) is 23.4 Å². The van der Waals surface area contributed by atoms with E-state index in [-0.39, 0.29) is 36.9 Å². The third-order valence-corrected chi connectivity index (χ3v) is 7.46. The number of β-amino-alcohol motifs (C(OH)–C–C–N with tert-alkyl or cyclic N) is 1. The Balaban J connectivity index is 1.07. The number of hydrogen-bond donors (Lipinski definition) is 2. The molecule has 3 fully saturated rings. The molecule has 1 aliphatic carbocycles. The summed E-state index contributed by atoms with van der Waals surface area (Å²) in [6.45, 7) is 1.38. The highest BCUT2D eigenvalue weighted by Crippen LogP contribution is 2.35. The molecular formula is C28H32F2N4O5. The molecule has 2 saturated heterocycles. The fourth-order valence-electron chi connectivity index (χ4n) is 5.09. The Labute approximate surface area is 225 Å². The van der Waals surface area contributed by atoms with Crippen molar-refractivity contribution in [1.82, 2.24) is 9.80 Å². The van der Waals surface area contributed by atoms with Gasteiger partial charge in [0.1, 0.15) is 23.5 Å². The summed E-state index contributed by atoms with van der Waals surface area (Å²) >= 11 is 0. The fourth-order valence-corrected chi connectivity index (χ4v) is 5.09. The van der Waals surface area contributed by atoms with Crippen LogP contribution in [0.4, 0.5) is 24.1 Å². The van der Waals surface area contributed by atoms with Gasteiger partial charge in [-0.2, -0.15) is 0 Å². The van der Waals surface area contributed by atoms with E-state index in [0.29, 0.717) is 62.9 Å². The summed E-state index contributed by atoms with van der Waals surface area (Å²) in [5.74, 6) is -0.901. The van der Waals surface area contributed by atoms with Gasteiger partial charge < -0.3 is 29.8 Å². The molecule has 0 atom stereocenters. The topological polar surface area (TPSA) is 104 Å². The number of ether oxygens (including phenoxy) is 1. The molecule has 2 aromatic carbocycles. The minimum Gasteiger partial charge on any atom is -0.410 e. The predicted molar refractivity (Wildman–Crippen MR) is 140 cm³/mol. The molecule has 2 N–H and O–H groups in total. The predicted octanol–water partition coefficient (Wildman–Crippen LogP) is 4.87. The highest BCUT2D eigenvalue weighted by Gasteiger charge is 2.30. The number of anilines is 1. The van der Waals surface area contributed by atoms with Crippen LogP contribution in [0.15, 0.2) is 47.6 Å². The van der Waals surface area contributed by atoms with Crippen molar-refractivity contribution in [2.75, 3.05) is 31.5 Å². The highest BCUT2D eigenvalue weighted by atomic mass is 19.1. The second kappa shape index (κ2) is 12.0. The van der Waals surface area contributed by atoms with Crippen molar-refractivity contribution in [3.63, 3.8) is 0 Å². The van der Waals surface area contributed by atoms with Gasteiger partial charge in [0.25, 0.3) is 0 Å². The smallest absolute Gasteiger partial charge is 0.410 e. The maximum Gasteiger partial charge on any atom is 0.415 e. The van der Waals surface area contributed by atoms with Gasteiger partial charge in [-0.3, -0.25) is 0 Å². The maximum atomic E-state index is 14.9. The Morgan fingerprint density at radius 3 is 2.31 bits per heavy atom. The van der Waals surface area contributed by atoms with Gasteiger partial charge in [-0.25, -0.2) is 18.4 Å². The molecule has 2 aromatic rings. The summed E-state index contributed by atoms with van der Waals surface area (Å²) in [6.07, 6.45) is 2.70. The minimum atomic E-state index is -0.692. The number of carbonyl (C=O) groups excluding carboxylic acids is 2. The number of para-hydroxylation sites is 1. The number of piperidine rings is 1. The SMILES string of the molecule is O=C(Nc1cc(F)c(C2CCC(=NOC3CCN(C(=O)Oc4ccccc4)CC3)CC2)cc1F)N1CC(O)C1. The molecule has 0 bridgehead atoms. The first-order valence-corrected chi connectivity index (χ1v) is 13.3. The molecule has 3 aliphatic rings. The maximum absolute atomic E-state index is 14.9. The van der Waals surface area contributed by atoms with Crippen molar-refractivity contribution >= 4 is 23.5 Å². The van der Waals surface area contributed by atoms with Gasteiger partial charge in [-0.05, 0) is 55.4 Å². The molecule has 208 valence electrons. The van der Waals surface area contributed by atoms with Crippen LogP contribution >= 0.6 is 0 Å². The molecule has 5 rings (SSSR count). The van der Waals surface area contributed by atoms with E-state index in [1.807, 2.05) is 18.2 Å². The zero-order chi connectivity index (χ0) is 27.4. The highest BCUT2D eigenvalue weighted by molar-refractivity contribution is 5.90. The number of aliphatic hydroxyl groups is 1. The van der Waals surface area contributed by atoms with Crippen LogP contribution in [0.25, 0.3) is 0 Å². The van der Waals surface area contributed by atoms with Crippen LogP contribution < -0.4 is 10.1 Å². The monoisotopic (exact) mass is 542 g/mol. The average molecular weight is 543 g/mol. The number of oxime groups is 1. The van der Waals surface area contributed by atoms with E-state index in [4.69, 9.17) is 9.57 Å². The molecule has 11 heteroatoms. The van der Waals surface area contributed by atoms with Crippen molar-refractivity contribution < 1.29 is 33.1 Å². The summed E-state index contributed by atoms with van der Waals surface area (Å²) in [7, 11) is 0. The van der Waals surface area contributed by atoms with Crippen LogP contribution in [0, 0.1) is 11.6 Å². The first kappa shape index (κ1) is 26.9. The summed E-state index contributed by atoms with van der Waals surface area (Å²) in [5.41, 5.74) is 0.965. The third-order valence-electron chi connectivity index (χ3n) is 7.46. The van der Waals surface area contributed by atoms with E-state index in [2.05, 4.69) is 10.5 Å². The Hall–Kier alpha value is -3.73. The van der Waals surface area contributed by atoms with E-state index in [1.165, 1.54) is 4.90 Å². The van der Waals surface area contributed by atoms with E-state index in [0.717, 1.165) is 17.8 Å². The zero-order valence-corrected chi connectivity index (χ0v) is 21.5. The number of carbonyl (C=O) groups is 2. The largest absolute Gasteiger partial charge is 0.415 e. The number of amides is 3. The van der Waals surface area contributed by atoms with Gasteiger partial charge in [0.15, 0.2) is 0 Å². The number of hydrogen-bond acceptors (Lipinski definition) is 6. The molecule has 3 amide bonds. The number of nitrogens with one attached hydrogen (secondary N) is 1. The lowest BCUT2D eigenvalue weighted by atomic mass is 9.83. The van der Waals surface area contributed by atoms with E-state index < -0.39 is 23.8 Å². The second-order valence-corrected chi connectivity index (χ2v) is 10.2. The van der Waals surface area contributed by atoms with Gasteiger partial charge in [0.2, 0.25) is 0 Å². The summed E-state index contributed by atoms with van der Waals surface area (Å²) in [6, 6.07) is 10.6. The number of aliphatic hydroxyl groups excluding tert-OH is 1. The first-order valence-electron chi connectivity index (χ1n) is 13.3. The normalized spacial score (nSPS) is 20.3. The second-order valence-electron chi connectivity index (χ2n) is 10.2. The van der Waals surface area contributed by atoms with Crippen LogP contribution in [-0.4, -0.2) is 71.1 Å². The number of nitrogens with zero attached hydrogens (tertiary/aromatic N) is 3. The molecule has 0 spiro atoms. The van der Waals surface area contributed by atoms with Gasteiger partial charge in [-0.15, -0.1) is 0 Å². The van der Waals surface area contributed by atoms with Crippen molar-refractivity contribution in [3.05, 3.63) is 59.7 Å². The third kappa shape index (κ3) is 6.65. The van der Waals surface area contributed by atoms with Crippen LogP contribution in [0.1, 0.15) is 50.0 Å². The lowest BCUT2D eigenvalue weighted by Gasteiger charge is -2.35. The zero-order valence-electron chi connectivity index (χ0n) is 21.5. The Kier molecular flexibility index (Phi) is 8.25. The molecular weight excluding hydrogens is 510 g/mol.